The normalized spacial score (nSPS) is 27.1. The molecule has 1 saturated carbocycles. The van der Waals surface area contributed by atoms with Crippen molar-refractivity contribution in [1.82, 2.24) is 15.5 Å². The molecular formula is C21H23N3O4. The van der Waals surface area contributed by atoms with Crippen molar-refractivity contribution in [3.8, 4) is 0 Å². The number of hydrogen-bond donors (Lipinski definition) is 3. The molecular weight excluding hydrogens is 358 g/mol. The average Bonchev–Trinajstić information content (AvgIpc) is 3.30. The van der Waals surface area contributed by atoms with E-state index in [0.717, 1.165) is 42.3 Å². The number of carbonyl (C=O) groups is 2. The number of carbonyl (C=O) groups excluding carboxylic acids is 2. The third-order valence-electron chi connectivity index (χ3n) is 6.22. The molecule has 28 heavy (non-hydrogen) atoms. The highest BCUT2D eigenvalue weighted by molar-refractivity contribution is 6.00. The number of hydrogen-bond acceptors (Lipinski definition) is 5. The zero-order chi connectivity index (χ0) is 19.3. The molecule has 1 aliphatic carbocycles. The second kappa shape index (κ2) is 6.67. The van der Waals surface area contributed by atoms with Crippen molar-refractivity contribution in [3.63, 3.8) is 0 Å². The summed E-state index contributed by atoms with van der Waals surface area (Å²) in [5, 5.41) is 17.1. The first kappa shape index (κ1) is 17.3. The van der Waals surface area contributed by atoms with Gasteiger partial charge in [-0.3, -0.25) is 9.59 Å². The van der Waals surface area contributed by atoms with Crippen LogP contribution in [0.4, 0.5) is 0 Å². The van der Waals surface area contributed by atoms with E-state index in [9.17, 15) is 14.7 Å². The number of nitrogens with one attached hydrogen (secondary N) is 2. The first-order chi connectivity index (χ1) is 13.7. The lowest BCUT2D eigenvalue weighted by Crippen LogP contribution is -2.54. The van der Waals surface area contributed by atoms with Crippen LogP contribution in [0, 0.1) is 0 Å². The number of aliphatic hydroxyl groups excluding tert-OH is 1. The topological polar surface area (TPSA) is 94.8 Å². The molecule has 1 aromatic heterocycles. The Labute approximate surface area is 162 Å². The number of fused-ring (bicyclic) bond motifs is 2. The summed E-state index contributed by atoms with van der Waals surface area (Å²) in [6.45, 7) is -0.152. The summed E-state index contributed by atoms with van der Waals surface area (Å²) in [4.78, 5) is 27.6. The molecule has 3 aliphatic rings. The van der Waals surface area contributed by atoms with E-state index in [1.54, 1.807) is 11.2 Å². The minimum Gasteiger partial charge on any atom is -0.464 e. The molecule has 5 rings (SSSR count). The van der Waals surface area contributed by atoms with Gasteiger partial charge in [-0.25, -0.2) is 0 Å². The quantitative estimate of drug-likeness (QED) is 0.734. The third kappa shape index (κ3) is 2.53. The van der Waals surface area contributed by atoms with Crippen LogP contribution in [0.25, 0.3) is 11.0 Å². The number of nitrogens with zero attached hydrogens (tertiary/aromatic N) is 1. The molecule has 3 heterocycles. The SMILES string of the molecule is O=C1NCC2=C1[C@@H](c1cccc3ccoc13)N(C(=O)CO)[C@@H]1CCCC[C@H]1N2. The first-order valence-corrected chi connectivity index (χ1v) is 9.85. The third-order valence-corrected chi connectivity index (χ3v) is 6.22. The highest BCUT2D eigenvalue weighted by Gasteiger charge is 2.46. The Morgan fingerprint density at radius 1 is 1.25 bits per heavy atom. The van der Waals surface area contributed by atoms with E-state index in [-0.39, 0.29) is 23.9 Å². The van der Waals surface area contributed by atoms with Gasteiger partial charge in [-0.2, -0.15) is 0 Å². The van der Waals surface area contributed by atoms with Gasteiger partial charge in [0.1, 0.15) is 12.2 Å². The lowest BCUT2D eigenvalue weighted by molar-refractivity contribution is -0.140. The summed E-state index contributed by atoms with van der Waals surface area (Å²) < 4.78 is 5.75. The van der Waals surface area contributed by atoms with Gasteiger partial charge in [-0.1, -0.05) is 31.0 Å². The average molecular weight is 381 g/mol. The van der Waals surface area contributed by atoms with Crippen molar-refractivity contribution >= 4 is 22.8 Å². The Bertz CT molecular complexity index is 979. The predicted octanol–water partition coefficient (Wildman–Crippen LogP) is 1.59. The van der Waals surface area contributed by atoms with Gasteiger partial charge in [0, 0.05) is 22.7 Å². The second-order valence-electron chi connectivity index (χ2n) is 7.73. The molecule has 1 fully saturated rings. The minimum atomic E-state index is -0.590. The van der Waals surface area contributed by atoms with Gasteiger partial charge in [0.05, 0.1) is 30.5 Å². The van der Waals surface area contributed by atoms with Crippen LogP contribution in [-0.4, -0.2) is 47.1 Å². The van der Waals surface area contributed by atoms with Gasteiger partial charge in [0.15, 0.2) is 0 Å². The highest BCUT2D eigenvalue weighted by Crippen LogP contribution is 2.42. The lowest BCUT2D eigenvalue weighted by atomic mass is 9.87. The van der Waals surface area contributed by atoms with E-state index in [2.05, 4.69) is 10.6 Å². The van der Waals surface area contributed by atoms with Crippen LogP contribution in [0.3, 0.4) is 0 Å². The summed E-state index contributed by atoms with van der Waals surface area (Å²) in [6.07, 6.45) is 5.50. The molecule has 0 unspecified atom stereocenters. The molecule has 0 saturated heterocycles. The lowest BCUT2D eigenvalue weighted by Gasteiger charge is -2.42. The van der Waals surface area contributed by atoms with Crippen LogP contribution in [0.15, 0.2) is 46.2 Å². The van der Waals surface area contributed by atoms with E-state index in [4.69, 9.17) is 4.42 Å². The van der Waals surface area contributed by atoms with Crippen LogP contribution < -0.4 is 10.6 Å². The molecule has 1 aromatic carbocycles. The number of amides is 2. The monoisotopic (exact) mass is 381 g/mol. The zero-order valence-electron chi connectivity index (χ0n) is 15.5. The van der Waals surface area contributed by atoms with Gasteiger partial charge in [-0.05, 0) is 18.9 Å². The molecule has 0 radical (unpaired) electrons. The van der Waals surface area contributed by atoms with Crippen LogP contribution in [0.5, 0.6) is 0 Å². The second-order valence-corrected chi connectivity index (χ2v) is 7.73. The maximum atomic E-state index is 13.0. The Morgan fingerprint density at radius 3 is 2.96 bits per heavy atom. The molecule has 3 atom stereocenters. The van der Waals surface area contributed by atoms with Gasteiger partial charge in [0.2, 0.25) is 5.91 Å². The number of aliphatic hydroxyl groups is 1. The maximum Gasteiger partial charge on any atom is 0.251 e. The summed E-state index contributed by atoms with van der Waals surface area (Å²) in [7, 11) is 0. The van der Waals surface area contributed by atoms with E-state index >= 15 is 0 Å². The van der Waals surface area contributed by atoms with E-state index < -0.39 is 12.6 Å². The van der Waals surface area contributed by atoms with Crippen LogP contribution in [0.1, 0.15) is 37.3 Å². The van der Waals surface area contributed by atoms with Crippen LogP contribution >= 0.6 is 0 Å². The van der Waals surface area contributed by atoms with Crippen molar-refractivity contribution in [2.75, 3.05) is 13.2 Å². The van der Waals surface area contributed by atoms with Crippen LogP contribution in [0.2, 0.25) is 0 Å². The van der Waals surface area contributed by atoms with Crippen LogP contribution in [-0.2, 0) is 9.59 Å². The molecule has 7 heteroatoms. The number of furan rings is 1. The van der Waals surface area contributed by atoms with Crippen molar-refractivity contribution in [3.05, 3.63) is 47.4 Å². The molecule has 0 spiro atoms. The molecule has 146 valence electrons. The largest absolute Gasteiger partial charge is 0.464 e. The molecule has 2 amide bonds. The predicted molar refractivity (Wildman–Crippen MR) is 102 cm³/mol. The number of rotatable bonds is 2. The Hall–Kier alpha value is -2.80. The van der Waals surface area contributed by atoms with E-state index in [0.29, 0.717) is 17.7 Å². The van der Waals surface area contributed by atoms with Crippen molar-refractivity contribution < 1.29 is 19.1 Å². The van der Waals surface area contributed by atoms with Crippen molar-refractivity contribution in [2.45, 2.75) is 43.8 Å². The van der Waals surface area contributed by atoms with Gasteiger partial charge in [-0.15, -0.1) is 0 Å². The fourth-order valence-corrected chi connectivity index (χ4v) is 5.03. The Morgan fingerprint density at radius 2 is 2.11 bits per heavy atom. The van der Waals surface area contributed by atoms with Crippen molar-refractivity contribution in [1.29, 1.82) is 0 Å². The van der Waals surface area contributed by atoms with Crippen molar-refractivity contribution in [2.24, 2.45) is 0 Å². The Balaban J connectivity index is 1.75. The number of para-hydroxylation sites is 1. The standard InChI is InChI=1S/C21H23N3O4/c25-11-17(26)24-16-7-2-1-6-14(16)23-15-10-22-21(27)18(15)19(24)13-5-3-4-12-8-9-28-20(12)13/h3-5,8-9,14,16,19,23,25H,1-2,6-7,10-11H2,(H,22,27)/t14-,16-,19-/m1/s1. The minimum absolute atomic E-state index is 0.0720. The summed E-state index contributed by atoms with van der Waals surface area (Å²) >= 11 is 0. The molecule has 7 nitrogen and oxygen atoms in total. The molecule has 3 N–H and O–H groups in total. The maximum absolute atomic E-state index is 13.0. The van der Waals surface area contributed by atoms with E-state index in [1.807, 2.05) is 24.3 Å². The highest BCUT2D eigenvalue weighted by atomic mass is 16.3. The fourth-order valence-electron chi connectivity index (χ4n) is 5.03. The van der Waals surface area contributed by atoms with Gasteiger partial charge >= 0.3 is 0 Å². The zero-order valence-corrected chi connectivity index (χ0v) is 15.5. The smallest absolute Gasteiger partial charge is 0.251 e. The fraction of sp³-hybridized carbons (Fsp3) is 0.429. The first-order valence-electron chi connectivity index (χ1n) is 9.85. The molecule has 2 aromatic rings. The van der Waals surface area contributed by atoms with Gasteiger partial charge in [0.25, 0.3) is 5.91 Å². The molecule has 0 bridgehead atoms. The summed E-state index contributed by atoms with van der Waals surface area (Å²) in [6, 6.07) is 7.05. The van der Waals surface area contributed by atoms with Gasteiger partial charge < -0.3 is 25.1 Å². The van der Waals surface area contributed by atoms with E-state index in [1.165, 1.54) is 0 Å². The Kier molecular flexibility index (Phi) is 4.12. The molecule has 2 aliphatic heterocycles. The number of benzene rings is 1. The summed E-state index contributed by atoms with van der Waals surface area (Å²) in [5.41, 5.74) is 2.86. The summed E-state index contributed by atoms with van der Waals surface area (Å²) in [5.74, 6) is -0.536.